The van der Waals surface area contributed by atoms with E-state index < -0.39 is 17.0 Å². The predicted octanol–water partition coefficient (Wildman–Crippen LogP) is 3.88. The fourth-order valence-corrected chi connectivity index (χ4v) is 2.51. The van der Waals surface area contributed by atoms with Gasteiger partial charge in [-0.2, -0.15) is 0 Å². The molecular weight excluding hydrogens is 270 g/mol. The first-order valence-electron chi connectivity index (χ1n) is 5.47. The molecule has 2 rings (SSSR count). The highest BCUT2D eigenvalue weighted by Crippen LogP contribution is 2.35. The SMILES string of the molecule is O=C(O)[C@H](Sc1ccc(F)cc1)c1ccc(F)cc1. The standard InChI is InChI=1S/C14H10F2O2S/c15-10-3-1-9(2-4-10)13(14(17)18)19-12-7-5-11(16)6-8-12/h1-8,13H,(H,17,18)/t13-/m1/s1. The molecule has 0 fully saturated rings. The molecule has 2 aromatic rings. The quantitative estimate of drug-likeness (QED) is 0.863. The zero-order valence-corrected chi connectivity index (χ0v) is 10.5. The summed E-state index contributed by atoms with van der Waals surface area (Å²) >= 11 is 1.08. The molecule has 5 heteroatoms. The maximum absolute atomic E-state index is 12.8. The van der Waals surface area contributed by atoms with E-state index in [1.807, 2.05) is 0 Å². The maximum atomic E-state index is 12.8. The van der Waals surface area contributed by atoms with Gasteiger partial charge in [-0.1, -0.05) is 12.1 Å². The number of halogens is 2. The van der Waals surface area contributed by atoms with Crippen LogP contribution in [0.3, 0.4) is 0 Å². The molecule has 98 valence electrons. The molecule has 0 saturated carbocycles. The molecule has 0 unspecified atom stereocenters. The summed E-state index contributed by atoms with van der Waals surface area (Å²) in [5, 5.41) is 8.37. The number of aliphatic carboxylic acids is 1. The van der Waals surface area contributed by atoms with Crippen molar-refractivity contribution in [2.75, 3.05) is 0 Å². The maximum Gasteiger partial charge on any atom is 0.321 e. The number of rotatable bonds is 4. The van der Waals surface area contributed by atoms with Crippen LogP contribution in [0.5, 0.6) is 0 Å². The van der Waals surface area contributed by atoms with Crippen LogP contribution in [0.15, 0.2) is 53.4 Å². The van der Waals surface area contributed by atoms with Crippen molar-refractivity contribution in [2.45, 2.75) is 10.1 Å². The second-order valence-electron chi connectivity index (χ2n) is 3.84. The number of hydrogen-bond donors (Lipinski definition) is 1. The van der Waals surface area contributed by atoms with Gasteiger partial charge in [-0.05, 0) is 42.0 Å². The fourth-order valence-electron chi connectivity index (χ4n) is 1.55. The topological polar surface area (TPSA) is 37.3 Å². The van der Waals surface area contributed by atoms with E-state index in [-0.39, 0.29) is 5.82 Å². The smallest absolute Gasteiger partial charge is 0.321 e. The predicted molar refractivity (Wildman–Crippen MR) is 69.0 cm³/mol. The first-order valence-corrected chi connectivity index (χ1v) is 6.35. The average molecular weight is 280 g/mol. The van der Waals surface area contributed by atoms with Gasteiger partial charge in [-0.25, -0.2) is 8.78 Å². The first-order chi connectivity index (χ1) is 9.06. The summed E-state index contributed by atoms with van der Waals surface area (Å²) in [5.41, 5.74) is 0.489. The molecule has 0 aliphatic heterocycles. The van der Waals surface area contributed by atoms with Crippen molar-refractivity contribution in [3.63, 3.8) is 0 Å². The highest BCUT2D eigenvalue weighted by Gasteiger charge is 2.21. The molecular formula is C14H10F2O2S. The number of carboxylic acid groups (broad SMARTS) is 1. The molecule has 19 heavy (non-hydrogen) atoms. The Labute approximate surface area is 113 Å². The molecule has 0 aliphatic rings. The molecule has 0 radical (unpaired) electrons. The third kappa shape index (κ3) is 3.54. The van der Waals surface area contributed by atoms with Crippen molar-refractivity contribution in [1.82, 2.24) is 0 Å². The van der Waals surface area contributed by atoms with Crippen LogP contribution in [0.1, 0.15) is 10.8 Å². The Balaban J connectivity index is 2.23. The highest BCUT2D eigenvalue weighted by atomic mass is 32.2. The lowest BCUT2D eigenvalue weighted by molar-refractivity contribution is -0.136. The molecule has 0 bridgehead atoms. The van der Waals surface area contributed by atoms with Crippen molar-refractivity contribution in [3.8, 4) is 0 Å². The minimum Gasteiger partial charge on any atom is -0.480 e. The van der Waals surface area contributed by atoms with Gasteiger partial charge in [0.15, 0.2) is 0 Å². The Kier molecular flexibility index (Phi) is 4.16. The van der Waals surface area contributed by atoms with Crippen molar-refractivity contribution >= 4 is 17.7 Å². The summed E-state index contributed by atoms with van der Waals surface area (Å²) in [5.74, 6) is -1.82. The molecule has 1 atom stereocenters. The monoisotopic (exact) mass is 280 g/mol. The van der Waals surface area contributed by atoms with Crippen molar-refractivity contribution < 1.29 is 18.7 Å². The Hall–Kier alpha value is -1.88. The second-order valence-corrected chi connectivity index (χ2v) is 5.02. The zero-order valence-electron chi connectivity index (χ0n) is 9.72. The summed E-state index contributed by atoms with van der Waals surface area (Å²) in [6.07, 6.45) is 0. The van der Waals surface area contributed by atoms with Crippen LogP contribution in [0.2, 0.25) is 0 Å². The molecule has 0 spiro atoms. The lowest BCUT2D eigenvalue weighted by Crippen LogP contribution is -2.07. The lowest BCUT2D eigenvalue weighted by Gasteiger charge is -2.12. The summed E-state index contributed by atoms with van der Waals surface area (Å²) in [6, 6.07) is 10.9. The van der Waals surface area contributed by atoms with E-state index >= 15 is 0 Å². The van der Waals surface area contributed by atoms with Gasteiger partial charge in [0.2, 0.25) is 0 Å². The van der Waals surface area contributed by atoms with Crippen LogP contribution in [-0.4, -0.2) is 11.1 Å². The van der Waals surface area contributed by atoms with Crippen LogP contribution in [0.25, 0.3) is 0 Å². The molecule has 0 saturated heterocycles. The molecule has 2 aromatic carbocycles. The number of carbonyl (C=O) groups is 1. The normalized spacial score (nSPS) is 12.1. The van der Waals surface area contributed by atoms with E-state index in [1.165, 1.54) is 48.5 Å². The average Bonchev–Trinajstić information content (AvgIpc) is 2.39. The lowest BCUT2D eigenvalue weighted by atomic mass is 10.1. The second kappa shape index (κ2) is 5.84. The molecule has 0 aliphatic carbocycles. The van der Waals surface area contributed by atoms with Crippen molar-refractivity contribution in [3.05, 3.63) is 65.7 Å². The van der Waals surface area contributed by atoms with Gasteiger partial charge in [0.05, 0.1) is 0 Å². The van der Waals surface area contributed by atoms with Crippen LogP contribution >= 0.6 is 11.8 Å². The van der Waals surface area contributed by atoms with E-state index in [2.05, 4.69) is 0 Å². The Morgan fingerprint density at radius 1 is 0.947 bits per heavy atom. The van der Waals surface area contributed by atoms with E-state index in [4.69, 9.17) is 0 Å². The molecule has 1 N–H and O–H groups in total. The number of benzene rings is 2. The van der Waals surface area contributed by atoms with Gasteiger partial charge in [0, 0.05) is 4.90 Å². The first kappa shape index (κ1) is 13.5. The number of thioether (sulfide) groups is 1. The summed E-state index contributed by atoms with van der Waals surface area (Å²) in [4.78, 5) is 11.9. The highest BCUT2D eigenvalue weighted by molar-refractivity contribution is 8.00. The summed E-state index contributed by atoms with van der Waals surface area (Å²) < 4.78 is 25.6. The van der Waals surface area contributed by atoms with Gasteiger partial charge >= 0.3 is 5.97 Å². The van der Waals surface area contributed by atoms with Gasteiger partial charge in [-0.15, -0.1) is 11.8 Å². The Morgan fingerprint density at radius 3 is 1.89 bits per heavy atom. The molecule has 0 amide bonds. The molecule has 0 aromatic heterocycles. The van der Waals surface area contributed by atoms with Crippen molar-refractivity contribution in [2.24, 2.45) is 0 Å². The van der Waals surface area contributed by atoms with Gasteiger partial charge in [0.1, 0.15) is 16.9 Å². The van der Waals surface area contributed by atoms with E-state index in [1.54, 1.807) is 0 Å². The fraction of sp³-hybridized carbons (Fsp3) is 0.0714. The van der Waals surface area contributed by atoms with Crippen LogP contribution < -0.4 is 0 Å². The Morgan fingerprint density at radius 2 is 1.42 bits per heavy atom. The van der Waals surface area contributed by atoms with E-state index in [0.29, 0.717) is 10.5 Å². The van der Waals surface area contributed by atoms with E-state index in [0.717, 1.165) is 11.8 Å². The molecule has 0 heterocycles. The summed E-state index contributed by atoms with van der Waals surface area (Å²) in [6.45, 7) is 0. The summed E-state index contributed by atoms with van der Waals surface area (Å²) in [7, 11) is 0. The van der Waals surface area contributed by atoms with Gasteiger partial charge in [0.25, 0.3) is 0 Å². The van der Waals surface area contributed by atoms with Gasteiger partial charge < -0.3 is 5.11 Å². The zero-order chi connectivity index (χ0) is 13.8. The van der Waals surface area contributed by atoms with Crippen LogP contribution in [0.4, 0.5) is 8.78 Å². The van der Waals surface area contributed by atoms with Crippen molar-refractivity contribution in [1.29, 1.82) is 0 Å². The number of hydrogen-bond acceptors (Lipinski definition) is 2. The molecule has 2 nitrogen and oxygen atoms in total. The largest absolute Gasteiger partial charge is 0.480 e. The third-order valence-corrected chi connectivity index (χ3v) is 3.72. The van der Waals surface area contributed by atoms with Gasteiger partial charge in [-0.3, -0.25) is 4.79 Å². The minimum atomic E-state index is -1.03. The third-order valence-electron chi connectivity index (χ3n) is 2.46. The van der Waals surface area contributed by atoms with Crippen LogP contribution in [0, 0.1) is 11.6 Å². The van der Waals surface area contributed by atoms with Crippen LogP contribution in [-0.2, 0) is 4.79 Å². The minimum absolute atomic E-state index is 0.377. The Bertz CT molecular complexity index is 567. The number of carboxylic acids is 1. The van der Waals surface area contributed by atoms with E-state index in [9.17, 15) is 18.7 Å².